The highest BCUT2D eigenvalue weighted by Crippen LogP contribution is 2.36. The Bertz CT molecular complexity index is 1060. The summed E-state index contributed by atoms with van der Waals surface area (Å²) in [5.74, 6) is -0.200. The van der Waals surface area contributed by atoms with Gasteiger partial charge >= 0.3 is 11.9 Å². The van der Waals surface area contributed by atoms with Gasteiger partial charge in [0.15, 0.2) is 0 Å². The van der Waals surface area contributed by atoms with E-state index in [0.29, 0.717) is 30.1 Å². The second-order valence-electron chi connectivity index (χ2n) is 9.92. The first kappa shape index (κ1) is 23.1. The van der Waals surface area contributed by atoms with Crippen molar-refractivity contribution in [1.82, 2.24) is 9.80 Å². The highest BCUT2D eigenvalue weighted by Gasteiger charge is 2.40. The highest BCUT2D eigenvalue weighted by molar-refractivity contribution is 5.94. The minimum absolute atomic E-state index is 0.0201. The van der Waals surface area contributed by atoms with Crippen molar-refractivity contribution in [3.8, 4) is 0 Å². The lowest BCUT2D eigenvalue weighted by Gasteiger charge is -2.40. The van der Waals surface area contributed by atoms with E-state index >= 15 is 0 Å². The van der Waals surface area contributed by atoms with E-state index < -0.39 is 6.10 Å². The Morgan fingerprint density at radius 3 is 2.44 bits per heavy atom. The monoisotopic (exact) mass is 468 g/mol. The summed E-state index contributed by atoms with van der Waals surface area (Å²) in [5, 5.41) is 10.9. The predicted molar refractivity (Wildman–Crippen MR) is 123 cm³/mol. The molecule has 1 amide bonds. The van der Waals surface area contributed by atoms with Crippen LogP contribution in [0.1, 0.15) is 65.8 Å². The molecule has 8 heteroatoms. The lowest BCUT2D eigenvalue weighted by molar-refractivity contribution is -0.140. The summed E-state index contributed by atoms with van der Waals surface area (Å²) in [6.07, 6.45) is 3.01. The number of aliphatic hydroxyl groups excluding tert-OH is 1. The van der Waals surface area contributed by atoms with Gasteiger partial charge in [-0.3, -0.25) is 4.79 Å². The van der Waals surface area contributed by atoms with Gasteiger partial charge in [0, 0.05) is 24.6 Å². The summed E-state index contributed by atoms with van der Waals surface area (Å²) in [5.41, 5.74) is 4.53. The molecule has 1 N–H and O–H groups in total. The minimum Gasteiger partial charge on any atom is -0.457 e. The van der Waals surface area contributed by atoms with Gasteiger partial charge in [0.05, 0.1) is 22.9 Å². The van der Waals surface area contributed by atoms with E-state index in [1.807, 2.05) is 13.0 Å². The van der Waals surface area contributed by atoms with Crippen LogP contribution in [0.15, 0.2) is 23.4 Å². The predicted octanol–water partition coefficient (Wildman–Crippen LogP) is 2.48. The van der Waals surface area contributed by atoms with Crippen LogP contribution >= 0.6 is 0 Å². The maximum atomic E-state index is 13.3. The number of hydrogen-bond acceptors (Lipinski definition) is 7. The number of rotatable bonds is 5. The molecule has 2 fully saturated rings. The molecule has 2 saturated heterocycles. The maximum Gasteiger partial charge on any atom is 0.338 e. The van der Waals surface area contributed by atoms with Gasteiger partial charge in [-0.1, -0.05) is 6.07 Å². The van der Waals surface area contributed by atoms with Gasteiger partial charge in [-0.25, -0.2) is 9.59 Å². The van der Waals surface area contributed by atoms with Crippen LogP contribution in [-0.2, 0) is 25.7 Å². The van der Waals surface area contributed by atoms with E-state index in [1.165, 1.54) is 0 Å². The van der Waals surface area contributed by atoms with Crippen LogP contribution < -0.4 is 0 Å². The number of aliphatic hydroxyl groups is 1. The van der Waals surface area contributed by atoms with Crippen LogP contribution in [0, 0.1) is 18.8 Å². The van der Waals surface area contributed by atoms with Crippen molar-refractivity contribution >= 4 is 17.8 Å². The van der Waals surface area contributed by atoms with Crippen LogP contribution in [-0.4, -0.2) is 65.5 Å². The molecule has 0 radical (unpaired) electrons. The average Bonchev–Trinajstić information content (AvgIpc) is 3.37. The molecule has 1 aromatic rings. The van der Waals surface area contributed by atoms with Crippen LogP contribution in [0.3, 0.4) is 0 Å². The second kappa shape index (κ2) is 9.15. The molecule has 34 heavy (non-hydrogen) atoms. The molecule has 5 rings (SSSR count). The van der Waals surface area contributed by atoms with Crippen LogP contribution in [0.25, 0.3) is 0 Å². The molecule has 0 saturated carbocycles. The summed E-state index contributed by atoms with van der Waals surface area (Å²) in [4.78, 5) is 40.9. The number of amides is 1. The number of cyclic esters (lactones) is 2. The summed E-state index contributed by atoms with van der Waals surface area (Å²) in [6, 6.07) is 3.59. The van der Waals surface area contributed by atoms with E-state index in [9.17, 15) is 19.5 Å². The number of β-amino-alcohol motifs (C(OH)–C–C–N with tert-alkyl or cyclic N) is 1. The number of benzene rings is 1. The van der Waals surface area contributed by atoms with Gasteiger partial charge < -0.3 is 24.4 Å². The molecule has 0 aromatic heterocycles. The first-order valence-electron chi connectivity index (χ1n) is 12.2. The number of carbonyl (C=O) groups excluding carboxylic acids is 3. The standard InChI is InChI=1S/C26H32N2O6/c1-15-18(5-6-20-21(15)13-33-26(20)32)23(29)12-27-10-7-17(8-11-27)19-4-3-9-28(24(19)30)22-14-34-25(31)16(22)2/h5-6,17,19,23,29H,3-4,7-14H2,1-2H3/t19?,23-/m0/s1. The van der Waals surface area contributed by atoms with Gasteiger partial charge in [-0.2, -0.15) is 0 Å². The number of nitrogens with zero attached hydrogens (tertiary/aromatic N) is 2. The second-order valence-corrected chi connectivity index (χ2v) is 9.92. The molecule has 0 bridgehead atoms. The third-order valence-corrected chi connectivity index (χ3v) is 8.08. The maximum absolute atomic E-state index is 13.3. The van der Waals surface area contributed by atoms with Crippen molar-refractivity contribution in [3.05, 3.63) is 45.7 Å². The smallest absolute Gasteiger partial charge is 0.338 e. The van der Waals surface area contributed by atoms with Crippen molar-refractivity contribution in [2.75, 3.05) is 32.8 Å². The summed E-state index contributed by atoms with van der Waals surface area (Å²) >= 11 is 0. The molecule has 0 spiro atoms. The Labute approximate surface area is 199 Å². The molecule has 8 nitrogen and oxygen atoms in total. The average molecular weight is 469 g/mol. The SMILES string of the molecule is CC1=C(N2CCCC(C3CCN(C[C@H](O)c4ccc5c(c4C)COC5=O)CC3)C2=O)COC1=O. The number of carbonyl (C=O) groups is 3. The number of fused-ring (bicyclic) bond motifs is 1. The van der Waals surface area contributed by atoms with Gasteiger partial charge in [0.25, 0.3) is 0 Å². The molecule has 1 unspecified atom stereocenters. The van der Waals surface area contributed by atoms with E-state index in [-0.39, 0.29) is 37.0 Å². The molecular weight excluding hydrogens is 436 g/mol. The summed E-state index contributed by atoms with van der Waals surface area (Å²) in [7, 11) is 0. The zero-order valence-electron chi connectivity index (χ0n) is 19.8. The number of piperidine rings is 2. The number of esters is 2. The van der Waals surface area contributed by atoms with Crippen molar-refractivity contribution in [2.24, 2.45) is 11.8 Å². The molecular formula is C26H32N2O6. The Kier molecular flexibility index (Phi) is 6.20. The zero-order chi connectivity index (χ0) is 24.0. The highest BCUT2D eigenvalue weighted by atomic mass is 16.5. The van der Waals surface area contributed by atoms with Crippen LogP contribution in [0.5, 0.6) is 0 Å². The third-order valence-electron chi connectivity index (χ3n) is 8.08. The van der Waals surface area contributed by atoms with E-state index in [4.69, 9.17) is 9.47 Å². The van der Waals surface area contributed by atoms with Crippen molar-refractivity contribution in [1.29, 1.82) is 0 Å². The van der Waals surface area contributed by atoms with Crippen molar-refractivity contribution < 1.29 is 29.0 Å². The van der Waals surface area contributed by atoms with E-state index in [2.05, 4.69) is 4.90 Å². The Morgan fingerprint density at radius 2 is 1.74 bits per heavy atom. The summed E-state index contributed by atoms with van der Waals surface area (Å²) in [6.45, 7) is 6.99. The molecule has 2 atom stereocenters. The van der Waals surface area contributed by atoms with Gasteiger partial charge in [0.1, 0.15) is 13.2 Å². The number of likely N-dealkylation sites (tertiary alicyclic amines) is 2. The largest absolute Gasteiger partial charge is 0.457 e. The molecule has 0 aliphatic carbocycles. The number of ether oxygens (including phenoxy) is 2. The summed E-state index contributed by atoms with van der Waals surface area (Å²) < 4.78 is 10.3. The molecule has 182 valence electrons. The van der Waals surface area contributed by atoms with Gasteiger partial charge in [-0.05, 0) is 75.7 Å². The molecule has 4 aliphatic heterocycles. The first-order chi connectivity index (χ1) is 16.3. The Balaban J connectivity index is 1.19. The normalized spacial score (nSPS) is 25.0. The van der Waals surface area contributed by atoms with Crippen LogP contribution in [0.4, 0.5) is 0 Å². The molecule has 4 aliphatic rings. The lowest BCUT2D eigenvalue weighted by atomic mass is 9.79. The van der Waals surface area contributed by atoms with Crippen molar-refractivity contribution in [2.45, 2.75) is 52.2 Å². The Morgan fingerprint density at radius 1 is 1.00 bits per heavy atom. The third kappa shape index (κ3) is 4.03. The van der Waals surface area contributed by atoms with Gasteiger partial charge in [-0.15, -0.1) is 0 Å². The lowest BCUT2D eigenvalue weighted by Crippen LogP contribution is -2.47. The van der Waals surface area contributed by atoms with Gasteiger partial charge in [0.2, 0.25) is 5.91 Å². The minimum atomic E-state index is -0.640. The topological polar surface area (TPSA) is 96.4 Å². The zero-order valence-corrected chi connectivity index (χ0v) is 19.8. The fourth-order valence-electron chi connectivity index (χ4n) is 5.97. The Hall–Kier alpha value is -2.71. The fraction of sp³-hybridized carbons (Fsp3) is 0.577. The van der Waals surface area contributed by atoms with Crippen molar-refractivity contribution in [3.63, 3.8) is 0 Å². The van der Waals surface area contributed by atoms with Crippen LogP contribution in [0.2, 0.25) is 0 Å². The fourth-order valence-corrected chi connectivity index (χ4v) is 5.97. The van der Waals surface area contributed by atoms with E-state index in [0.717, 1.165) is 61.2 Å². The molecule has 1 aromatic carbocycles. The first-order valence-corrected chi connectivity index (χ1v) is 12.2. The molecule has 4 heterocycles. The van der Waals surface area contributed by atoms with E-state index in [1.54, 1.807) is 17.9 Å². The number of hydrogen-bond donors (Lipinski definition) is 1. The quantitative estimate of drug-likeness (QED) is 0.663.